The zero-order valence-electron chi connectivity index (χ0n) is 12.6. The summed E-state index contributed by atoms with van der Waals surface area (Å²) in [5.74, 6) is 1.51. The summed E-state index contributed by atoms with van der Waals surface area (Å²) in [6.07, 6.45) is 7.02. The number of hydrogen-bond donors (Lipinski definition) is 1. The second-order valence-electron chi connectivity index (χ2n) is 6.87. The lowest BCUT2D eigenvalue weighted by atomic mass is 9.90. The summed E-state index contributed by atoms with van der Waals surface area (Å²) in [5, 5.41) is 3.43. The average Bonchev–Trinajstić information content (AvgIpc) is 3.28. The van der Waals surface area contributed by atoms with Crippen LogP contribution >= 0.6 is 0 Å². The van der Waals surface area contributed by atoms with E-state index >= 15 is 0 Å². The molecule has 1 aromatic carbocycles. The minimum absolute atomic E-state index is 0.324. The molecule has 2 fully saturated rings. The Kier molecular flexibility index (Phi) is 3.46. The van der Waals surface area contributed by atoms with Gasteiger partial charge in [0.25, 0.3) is 0 Å². The fourth-order valence-electron chi connectivity index (χ4n) is 3.78. The maximum absolute atomic E-state index is 12.3. The molecule has 1 aromatic rings. The minimum atomic E-state index is 0.324. The molecule has 1 N–H and O–H groups in total. The zero-order valence-corrected chi connectivity index (χ0v) is 12.6. The molecule has 3 nitrogen and oxygen atoms in total. The van der Waals surface area contributed by atoms with Crippen molar-refractivity contribution in [2.24, 2.45) is 11.8 Å². The number of rotatable bonds is 3. The summed E-state index contributed by atoms with van der Waals surface area (Å²) in [4.78, 5) is 14.3. The van der Waals surface area contributed by atoms with Gasteiger partial charge in [-0.1, -0.05) is 12.1 Å². The highest BCUT2D eigenvalue weighted by molar-refractivity contribution is 5.98. The first kappa shape index (κ1) is 13.3. The van der Waals surface area contributed by atoms with E-state index in [0.29, 0.717) is 11.8 Å². The van der Waals surface area contributed by atoms with E-state index in [9.17, 15) is 4.79 Å². The Bertz CT molecular complexity index is 544. The van der Waals surface area contributed by atoms with E-state index in [1.165, 1.54) is 49.2 Å². The molecular formula is C18H24N2O. The van der Waals surface area contributed by atoms with Gasteiger partial charge in [0, 0.05) is 18.2 Å². The molecule has 1 amide bonds. The summed E-state index contributed by atoms with van der Waals surface area (Å²) in [7, 11) is 0. The van der Waals surface area contributed by atoms with Gasteiger partial charge in [-0.25, -0.2) is 0 Å². The van der Waals surface area contributed by atoms with Crippen molar-refractivity contribution in [3.8, 4) is 0 Å². The van der Waals surface area contributed by atoms with Gasteiger partial charge < -0.3 is 10.2 Å². The Balaban J connectivity index is 1.48. The van der Waals surface area contributed by atoms with Gasteiger partial charge in [0.1, 0.15) is 0 Å². The fraction of sp³-hybridized carbons (Fsp3) is 0.611. The van der Waals surface area contributed by atoms with Crippen molar-refractivity contribution in [2.75, 3.05) is 24.5 Å². The van der Waals surface area contributed by atoms with Crippen LogP contribution in [0.3, 0.4) is 0 Å². The molecule has 112 valence electrons. The largest absolute Gasteiger partial charge is 0.317 e. The Hall–Kier alpha value is -1.35. The Morgan fingerprint density at radius 3 is 2.76 bits per heavy atom. The first-order valence-corrected chi connectivity index (χ1v) is 8.45. The van der Waals surface area contributed by atoms with Gasteiger partial charge in [0.15, 0.2) is 0 Å². The van der Waals surface area contributed by atoms with Crippen molar-refractivity contribution in [2.45, 2.75) is 38.5 Å². The van der Waals surface area contributed by atoms with Gasteiger partial charge >= 0.3 is 0 Å². The Labute approximate surface area is 126 Å². The number of hydrogen-bond acceptors (Lipinski definition) is 2. The highest BCUT2D eigenvalue weighted by atomic mass is 16.2. The highest BCUT2D eigenvalue weighted by Gasteiger charge is 2.36. The number of nitrogens with one attached hydrogen (secondary N) is 1. The van der Waals surface area contributed by atoms with E-state index < -0.39 is 0 Å². The summed E-state index contributed by atoms with van der Waals surface area (Å²) < 4.78 is 0. The van der Waals surface area contributed by atoms with E-state index in [-0.39, 0.29) is 0 Å². The lowest BCUT2D eigenvalue weighted by Crippen LogP contribution is -2.30. The van der Waals surface area contributed by atoms with Crippen molar-refractivity contribution in [3.05, 3.63) is 29.3 Å². The van der Waals surface area contributed by atoms with Crippen molar-refractivity contribution < 1.29 is 4.79 Å². The third-order valence-electron chi connectivity index (χ3n) is 5.22. The summed E-state index contributed by atoms with van der Waals surface area (Å²) >= 11 is 0. The number of anilines is 1. The van der Waals surface area contributed by atoms with Gasteiger partial charge in [-0.15, -0.1) is 0 Å². The fourth-order valence-corrected chi connectivity index (χ4v) is 3.78. The van der Waals surface area contributed by atoms with Gasteiger partial charge in [0.2, 0.25) is 5.91 Å². The molecule has 0 aromatic heterocycles. The molecular weight excluding hydrogens is 260 g/mol. The number of piperidine rings is 1. The van der Waals surface area contributed by atoms with Gasteiger partial charge in [-0.2, -0.15) is 0 Å². The smallest absolute Gasteiger partial charge is 0.230 e. The summed E-state index contributed by atoms with van der Waals surface area (Å²) in [5.41, 5.74) is 4.03. The molecule has 0 unspecified atom stereocenters. The van der Waals surface area contributed by atoms with Crippen LogP contribution in [-0.4, -0.2) is 25.5 Å². The van der Waals surface area contributed by atoms with E-state index in [1.807, 2.05) is 4.90 Å². The van der Waals surface area contributed by atoms with Crippen molar-refractivity contribution in [1.82, 2.24) is 5.32 Å². The third-order valence-corrected chi connectivity index (χ3v) is 5.22. The van der Waals surface area contributed by atoms with E-state index in [2.05, 4.69) is 23.5 Å². The minimum Gasteiger partial charge on any atom is -0.317 e. The molecule has 0 bridgehead atoms. The summed E-state index contributed by atoms with van der Waals surface area (Å²) in [6.45, 7) is 3.22. The maximum atomic E-state index is 12.3. The molecule has 2 heterocycles. The number of carbonyl (C=O) groups is 1. The third kappa shape index (κ3) is 2.71. The zero-order chi connectivity index (χ0) is 14.2. The highest BCUT2D eigenvalue weighted by Crippen LogP contribution is 2.37. The van der Waals surface area contributed by atoms with Crippen molar-refractivity contribution >= 4 is 11.6 Å². The van der Waals surface area contributed by atoms with Crippen LogP contribution in [0.25, 0.3) is 0 Å². The molecule has 1 aliphatic carbocycles. The molecule has 1 saturated carbocycles. The number of amides is 1. The van der Waals surface area contributed by atoms with Crippen LogP contribution in [0.2, 0.25) is 0 Å². The van der Waals surface area contributed by atoms with Crippen LogP contribution in [-0.2, 0) is 17.6 Å². The summed E-state index contributed by atoms with van der Waals surface area (Å²) in [6, 6.07) is 6.80. The maximum Gasteiger partial charge on any atom is 0.230 e. The number of carbonyl (C=O) groups excluding carboxylic acids is 1. The first-order chi connectivity index (χ1) is 10.3. The van der Waals surface area contributed by atoms with Crippen molar-refractivity contribution in [3.63, 3.8) is 0 Å². The second kappa shape index (κ2) is 5.45. The first-order valence-electron chi connectivity index (χ1n) is 8.45. The second-order valence-corrected chi connectivity index (χ2v) is 6.87. The van der Waals surface area contributed by atoms with Crippen LogP contribution in [0.4, 0.5) is 5.69 Å². The number of nitrogens with zero attached hydrogens (tertiary/aromatic N) is 1. The molecule has 0 radical (unpaired) electrons. The van der Waals surface area contributed by atoms with Crippen LogP contribution in [0.1, 0.15) is 36.8 Å². The Morgan fingerprint density at radius 1 is 1.19 bits per heavy atom. The topological polar surface area (TPSA) is 32.3 Å². The number of benzene rings is 1. The Morgan fingerprint density at radius 2 is 2.00 bits per heavy atom. The predicted molar refractivity (Wildman–Crippen MR) is 84.5 cm³/mol. The van der Waals surface area contributed by atoms with Crippen LogP contribution in [0, 0.1) is 11.8 Å². The van der Waals surface area contributed by atoms with E-state index in [0.717, 1.165) is 31.7 Å². The predicted octanol–water partition coefficient (Wildman–Crippen LogP) is 2.53. The SMILES string of the molecule is O=C(C1CC1)N1CCc2cc(CC3CCNCC3)ccc21. The monoisotopic (exact) mass is 284 g/mol. The van der Waals surface area contributed by atoms with Gasteiger partial charge in [-0.3, -0.25) is 4.79 Å². The standard InChI is InChI=1S/C18H24N2O/c21-18(15-2-3-15)20-10-7-16-12-14(1-4-17(16)20)11-13-5-8-19-9-6-13/h1,4,12-13,15,19H,2-3,5-11H2. The van der Waals surface area contributed by atoms with E-state index in [1.54, 1.807) is 0 Å². The molecule has 0 spiro atoms. The van der Waals surface area contributed by atoms with Crippen LogP contribution in [0.5, 0.6) is 0 Å². The quantitative estimate of drug-likeness (QED) is 0.925. The van der Waals surface area contributed by atoms with Gasteiger partial charge in [-0.05, 0) is 74.7 Å². The lowest BCUT2D eigenvalue weighted by Gasteiger charge is -2.23. The van der Waals surface area contributed by atoms with Gasteiger partial charge in [0.05, 0.1) is 0 Å². The van der Waals surface area contributed by atoms with E-state index in [4.69, 9.17) is 0 Å². The molecule has 3 aliphatic rings. The molecule has 0 atom stereocenters. The lowest BCUT2D eigenvalue weighted by molar-refractivity contribution is -0.119. The molecule has 1 saturated heterocycles. The molecule has 21 heavy (non-hydrogen) atoms. The van der Waals surface area contributed by atoms with Crippen LogP contribution in [0.15, 0.2) is 18.2 Å². The van der Waals surface area contributed by atoms with Crippen molar-refractivity contribution in [1.29, 1.82) is 0 Å². The molecule has 2 aliphatic heterocycles. The molecule has 3 heteroatoms. The average molecular weight is 284 g/mol. The van der Waals surface area contributed by atoms with Crippen LogP contribution < -0.4 is 10.2 Å². The number of fused-ring (bicyclic) bond motifs is 1. The molecule has 4 rings (SSSR count). The normalized spacial score (nSPS) is 22.4.